The molecule has 78 valence electrons. The maximum Gasteiger partial charge on any atom is 0.336 e. The molecule has 0 spiro atoms. The minimum Gasteiger partial charge on any atom is -0.478 e. The van der Waals surface area contributed by atoms with Crippen molar-refractivity contribution in [2.24, 2.45) is 0 Å². The molecule has 1 rings (SSSR count). The number of nitrogens with zero attached hydrogens (tertiary/aromatic N) is 1. The van der Waals surface area contributed by atoms with Crippen molar-refractivity contribution in [3.05, 3.63) is 35.4 Å². The SMILES string of the molecule is N#CC(O)C(O)c1ccccc1C(=O)O. The number of carboxylic acid groups (broad SMARTS) is 1. The summed E-state index contributed by atoms with van der Waals surface area (Å²) in [6.45, 7) is 0. The summed E-state index contributed by atoms with van der Waals surface area (Å²) < 4.78 is 0. The van der Waals surface area contributed by atoms with E-state index in [1.54, 1.807) is 0 Å². The molecule has 0 aliphatic heterocycles. The molecule has 1 aromatic rings. The Hall–Kier alpha value is -1.90. The highest BCUT2D eigenvalue weighted by atomic mass is 16.4. The Balaban J connectivity index is 3.14. The first kappa shape index (κ1) is 11.2. The molecule has 0 aliphatic carbocycles. The van der Waals surface area contributed by atoms with Crippen molar-refractivity contribution in [3.8, 4) is 6.07 Å². The minimum absolute atomic E-state index is 0.0269. The summed E-state index contributed by atoms with van der Waals surface area (Å²) in [7, 11) is 0. The number of aliphatic hydroxyl groups is 2. The van der Waals surface area contributed by atoms with Crippen LogP contribution in [0.3, 0.4) is 0 Å². The second kappa shape index (κ2) is 4.55. The van der Waals surface area contributed by atoms with Gasteiger partial charge >= 0.3 is 5.97 Å². The van der Waals surface area contributed by atoms with Gasteiger partial charge in [-0.2, -0.15) is 5.26 Å². The summed E-state index contributed by atoms with van der Waals surface area (Å²) in [5, 5.41) is 35.7. The highest BCUT2D eigenvalue weighted by Gasteiger charge is 2.22. The molecule has 0 saturated heterocycles. The number of nitriles is 1. The van der Waals surface area contributed by atoms with E-state index >= 15 is 0 Å². The van der Waals surface area contributed by atoms with E-state index in [0.29, 0.717) is 0 Å². The lowest BCUT2D eigenvalue weighted by molar-refractivity contribution is 0.0498. The Morgan fingerprint density at radius 2 is 1.93 bits per heavy atom. The van der Waals surface area contributed by atoms with Gasteiger partial charge in [0.25, 0.3) is 0 Å². The molecule has 15 heavy (non-hydrogen) atoms. The lowest BCUT2D eigenvalue weighted by atomic mass is 9.99. The van der Waals surface area contributed by atoms with E-state index in [1.165, 1.54) is 30.3 Å². The van der Waals surface area contributed by atoms with Crippen LogP contribution < -0.4 is 0 Å². The molecule has 0 aromatic heterocycles. The number of aromatic carboxylic acids is 1. The Labute approximate surface area is 85.8 Å². The van der Waals surface area contributed by atoms with Crippen LogP contribution in [-0.2, 0) is 0 Å². The first-order valence-corrected chi connectivity index (χ1v) is 4.16. The van der Waals surface area contributed by atoms with Crippen LogP contribution in [0.4, 0.5) is 0 Å². The number of carboxylic acids is 1. The van der Waals surface area contributed by atoms with Gasteiger partial charge in [-0.25, -0.2) is 4.79 Å². The first-order valence-electron chi connectivity index (χ1n) is 4.16. The van der Waals surface area contributed by atoms with Crippen LogP contribution >= 0.6 is 0 Å². The summed E-state index contributed by atoms with van der Waals surface area (Å²) in [6, 6.07) is 7.12. The van der Waals surface area contributed by atoms with Crippen LogP contribution in [0, 0.1) is 11.3 Å². The Morgan fingerprint density at radius 3 is 2.47 bits per heavy atom. The fourth-order valence-corrected chi connectivity index (χ4v) is 1.19. The van der Waals surface area contributed by atoms with Crippen LogP contribution in [0.2, 0.25) is 0 Å². The van der Waals surface area contributed by atoms with Crippen LogP contribution in [0.15, 0.2) is 24.3 Å². The standard InChI is InChI=1S/C10H9NO4/c11-5-8(12)9(13)6-3-1-2-4-7(6)10(14)15/h1-4,8-9,12-13H,(H,14,15). The number of aliphatic hydroxyl groups excluding tert-OH is 2. The van der Waals surface area contributed by atoms with Crippen LogP contribution in [0.1, 0.15) is 22.0 Å². The monoisotopic (exact) mass is 207 g/mol. The summed E-state index contributed by atoms with van der Waals surface area (Å²) >= 11 is 0. The largest absolute Gasteiger partial charge is 0.478 e. The predicted molar refractivity (Wildman–Crippen MR) is 50.0 cm³/mol. The second-order valence-corrected chi connectivity index (χ2v) is 2.91. The van der Waals surface area contributed by atoms with Gasteiger partial charge in [0.15, 0.2) is 6.10 Å². The Kier molecular flexibility index (Phi) is 3.39. The quantitative estimate of drug-likeness (QED) is 0.619. The minimum atomic E-state index is -1.63. The number of hydrogen-bond acceptors (Lipinski definition) is 4. The molecule has 0 fully saturated rings. The van der Waals surface area contributed by atoms with E-state index in [-0.39, 0.29) is 11.1 Å². The summed E-state index contributed by atoms with van der Waals surface area (Å²) in [4.78, 5) is 10.8. The third-order valence-electron chi connectivity index (χ3n) is 1.94. The van der Waals surface area contributed by atoms with Crippen molar-refractivity contribution < 1.29 is 20.1 Å². The molecular weight excluding hydrogens is 198 g/mol. The van der Waals surface area contributed by atoms with Crippen molar-refractivity contribution >= 4 is 5.97 Å². The number of hydrogen-bond donors (Lipinski definition) is 3. The number of carbonyl (C=O) groups is 1. The molecule has 5 heteroatoms. The Bertz CT molecular complexity index is 410. The smallest absolute Gasteiger partial charge is 0.336 e. The van der Waals surface area contributed by atoms with Gasteiger partial charge in [0.1, 0.15) is 6.10 Å². The van der Waals surface area contributed by atoms with E-state index in [0.717, 1.165) is 0 Å². The van der Waals surface area contributed by atoms with E-state index in [4.69, 9.17) is 15.5 Å². The number of benzene rings is 1. The molecule has 0 radical (unpaired) electrons. The van der Waals surface area contributed by atoms with E-state index in [1.807, 2.05) is 0 Å². The van der Waals surface area contributed by atoms with Gasteiger partial charge in [-0.15, -0.1) is 0 Å². The molecule has 0 amide bonds. The Morgan fingerprint density at radius 1 is 1.33 bits per heavy atom. The average molecular weight is 207 g/mol. The maximum absolute atomic E-state index is 10.8. The molecule has 0 bridgehead atoms. The highest BCUT2D eigenvalue weighted by Crippen LogP contribution is 2.20. The normalized spacial score (nSPS) is 13.9. The fourth-order valence-electron chi connectivity index (χ4n) is 1.19. The summed E-state index contributed by atoms with van der Waals surface area (Å²) in [5.41, 5.74) is -0.0987. The molecule has 2 atom stereocenters. The second-order valence-electron chi connectivity index (χ2n) is 2.91. The van der Waals surface area contributed by atoms with Crippen LogP contribution in [0.25, 0.3) is 0 Å². The third-order valence-corrected chi connectivity index (χ3v) is 1.94. The van der Waals surface area contributed by atoms with Gasteiger partial charge in [-0.3, -0.25) is 0 Å². The van der Waals surface area contributed by atoms with E-state index in [9.17, 15) is 9.90 Å². The highest BCUT2D eigenvalue weighted by molar-refractivity contribution is 5.89. The predicted octanol–water partition coefficient (Wildman–Crippen LogP) is 0.303. The lowest BCUT2D eigenvalue weighted by Crippen LogP contribution is -2.18. The molecule has 5 nitrogen and oxygen atoms in total. The van der Waals surface area contributed by atoms with Crippen molar-refractivity contribution in [2.45, 2.75) is 12.2 Å². The zero-order chi connectivity index (χ0) is 11.4. The maximum atomic E-state index is 10.8. The van der Waals surface area contributed by atoms with Gasteiger partial charge in [0, 0.05) is 0 Å². The van der Waals surface area contributed by atoms with Crippen LogP contribution in [0.5, 0.6) is 0 Å². The van der Waals surface area contributed by atoms with E-state index in [2.05, 4.69) is 0 Å². The topological polar surface area (TPSA) is 102 Å². The van der Waals surface area contributed by atoms with E-state index < -0.39 is 18.2 Å². The van der Waals surface area contributed by atoms with Gasteiger partial charge in [0.05, 0.1) is 11.6 Å². The van der Waals surface area contributed by atoms with Crippen LogP contribution in [-0.4, -0.2) is 27.4 Å². The third kappa shape index (κ3) is 2.31. The van der Waals surface area contributed by atoms with Crippen molar-refractivity contribution in [2.75, 3.05) is 0 Å². The molecule has 2 unspecified atom stereocenters. The zero-order valence-electron chi connectivity index (χ0n) is 7.66. The molecule has 3 N–H and O–H groups in total. The van der Waals surface area contributed by atoms with Gasteiger partial charge in [-0.05, 0) is 11.6 Å². The molecule has 1 aromatic carbocycles. The summed E-state index contributed by atoms with van der Waals surface area (Å²) in [6.07, 6.45) is -3.15. The molecular formula is C10H9NO4. The first-order chi connectivity index (χ1) is 7.07. The van der Waals surface area contributed by atoms with Gasteiger partial charge < -0.3 is 15.3 Å². The van der Waals surface area contributed by atoms with Crippen molar-refractivity contribution in [1.82, 2.24) is 0 Å². The molecule has 0 saturated carbocycles. The van der Waals surface area contributed by atoms with Gasteiger partial charge in [0.2, 0.25) is 0 Å². The lowest BCUT2D eigenvalue weighted by Gasteiger charge is -2.13. The molecule has 0 heterocycles. The number of rotatable bonds is 3. The summed E-state index contributed by atoms with van der Waals surface area (Å²) in [5.74, 6) is -1.21. The average Bonchev–Trinajstić information content (AvgIpc) is 2.27. The zero-order valence-corrected chi connectivity index (χ0v) is 7.66. The molecule has 0 aliphatic rings. The fraction of sp³-hybridized carbons (Fsp3) is 0.200. The van der Waals surface area contributed by atoms with Gasteiger partial charge in [-0.1, -0.05) is 18.2 Å². The van der Waals surface area contributed by atoms with Crippen molar-refractivity contribution in [3.63, 3.8) is 0 Å². The van der Waals surface area contributed by atoms with Crippen molar-refractivity contribution in [1.29, 1.82) is 5.26 Å².